The highest BCUT2D eigenvalue weighted by atomic mass is 79.9. The maximum absolute atomic E-state index is 5.32. The van der Waals surface area contributed by atoms with Gasteiger partial charge < -0.3 is 5.32 Å². The van der Waals surface area contributed by atoms with Gasteiger partial charge in [0.1, 0.15) is 5.82 Å². The van der Waals surface area contributed by atoms with Crippen LogP contribution in [-0.2, 0) is 0 Å². The van der Waals surface area contributed by atoms with Crippen molar-refractivity contribution in [2.75, 3.05) is 16.5 Å². The van der Waals surface area contributed by atoms with E-state index in [9.17, 15) is 0 Å². The van der Waals surface area contributed by atoms with Crippen molar-refractivity contribution in [1.29, 1.82) is 0 Å². The molecule has 0 saturated heterocycles. The molecule has 18 heavy (non-hydrogen) atoms. The van der Waals surface area contributed by atoms with Gasteiger partial charge in [-0.05, 0) is 40.9 Å². The summed E-state index contributed by atoms with van der Waals surface area (Å²) in [6.45, 7) is 2.21. The standard InChI is InChI=1S/C11H18BrN5S/c1-2-18-8-4-3-7(5-8)15-10-9(12)6-14-11(16-10)17-13/h6-8H,2-5,13H2,1H3,(H2,14,15,16,17). The molecule has 0 aliphatic heterocycles. The molecule has 1 aliphatic rings. The quantitative estimate of drug-likeness (QED) is 0.568. The average Bonchev–Trinajstić information content (AvgIpc) is 2.80. The molecule has 0 amide bonds. The molecule has 1 heterocycles. The molecule has 1 saturated carbocycles. The van der Waals surface area contributed by atoms with Crippen LogP contribution < -0.4 is 16.6 Å². The summed E-state index contributed by atoms with van der Waals surface area (Å²) in [5, 5.41) is 4.24. The van der Waals surface area contributed by atoms with Crippen molar-refractivity contribution in [3.63, 3.8) is 0 Å². The zero-order chi connectivity index (χ0) is 13.0. The number of hydrazine groups is 1. The number of nitrogen functional groups attached to an aromatic ring is 1. The number of halogens is 1. The van der Waals surface area contributed by atoms with Gasteiger partial charge in [-0.15, -0.1) is 0 Å². The second-order valence-electron chi connectivity index (χ2n) is 4.27. The minimum absolute atomic E-state index is 0.429. The normalized spacial score (nSPS) is 23.1. The first-order valence-corrected chi connectivity index (χ1v) is 7.94. The summed E-state index contributed by atoms with van der Waals surface area (Å²) in [5.41, 5.74) is 2.46. The third-order valence-corrected chi connectivity index (χ3v) is 4.81. The van der Waals surface area contributed by atoms with Crippen molar-refractivity contribution in [3.8, 4) is 0 Å². The van der Waals surface area contributed by atoms with Crippen molar-refractivity contribution in [3.05, 3.63) is 10.7 Å². The van der Waals surface area contributed by atoms with Crippen LogP contribution in [0.25, 0.3) is 0 Å². The minimum atomic E-state index is 0.429. The van der Waals surface area contributed by atoms with E-state index in [1.807, 2.05) is 11.8 Å². The number of hydrogen-bond donors (Lipinski definition) is 3. The first kappa shape index (κ1) is 13.9. The van der Waals surface area contributed by atoms with Crippen LogP contribution in [-0.4, -0.2) is 27.0 Å². The van der Waals surface area contributed by atoms with Crippen molar-refractivity contribution >= 4 is 39.5 Å². The molecule has 7 heteroatoms. The van der Waals surface area contributed by atoms with Crippen LogP contribution in [0.4, 0.5) is 11.8 Å². The second-order valence-corrected chi connectivity index (χ2v) is 6.70. The fraction of sp³-hybridized carbons (Fsp3) is 0.636. The first-order chi connectivity index (χ1) is 8.72. The summed E-state index contributed by atoms with van der Waals surface area (Å²) < 4.78 is 0.869. The number of nitrogens with two attached hydrogens (primary N) is 1. The largest absolute Gasteiger partial charge is 0.366 e. The third kappa shape index (κ3) is 3.49. The number of anilines is 2. The molecule has 1 aromatic heterocycles. The van der Waals surface area contributed by atoms with Gasteiger partial charge in [-0.3, -0.25) is 5.43 Å². The molecule has 5 nitrogen and oxygen atoms in total. The van der Waals surface area contributed by atoms with Gasteiger partial charge in [0, 0.05) is 17.5 Å². The number of aromatic nitrogens is 2. The van der Waals surface area contributed by atoms with Crippen molar-refractivity contribution in [2.45, 2.75) is 37.5 Å². The van der Waals surface area contributed by atoms with Crippen molar-refractivity contribution < 1.29 is 0 Å². The molecule has 2 atom stereocenters. The topological polar surface area (TPSA) is 75.9 Å². The highest BCUT2D eigenvalue weighted by molar-refractivity contribution is 9.10. The Kier molecular flexibility index (Phi) is 5.08. The van der Waals surface area contributed by atoms with Crippen molar-refractivity contribution in [1.82, 2.24) is 9.97 Å². The Bertz CT molecular complexity index is 403. The lowest BCUT2D eigenvalue weighted by molar-refractivity contribution is 0.750. The third-order valence-electron chi connectivity index (χ3n) is 3.00. The van der Waals surface area contributed by atoms with E-state index < -0.39 is 0 Å². The predicted octanol–water partition coefficient (Wildman–Crippen LogP) is 2.61. The molecule has 0 aromatic carbocycles. The molecular formula is C11H18BrN5S. The monoisotopic (exact) mass is 331 g/mol. The summed E-state index contributed by atoms with van der Waals surface area (Å²) >= 11 is 5.50. The number of thioether (sulfide) groups is 1. The summed E-state index contributed by atoms with van der Waals surface area (Å²) in [7, 11) is 0. The Morgan fingerprint density at radius 3 is 3.11 bits per heavy atom. The summed E-state index contributed by atoms with van der Waals surface area (Å²) in [4.78, 5) is 8.35. The SMILES string of the molecule is CCSC1CCC(Nc2nc(NN)ncc2Br)C1. The van der Waals surface area contributed by atoms with Gasteiger partial charge in [-0.25, -0.2) is 10.8 Å². The van der Waals surface area contributed by atoms with Crippen LogP contribution in [0.1, 0.15) is 26.2 Å². The average molecular weight is 332 g/mol. The number of rotatable bonds is 5. The Morgan fingerprint density at radius 2 is 2.39 bits per heavy atom. The zero-order valence-electron chi connectivity index (χ0n) is 10.3. The number of nitrogens with one attached hydrogen (secondary N) is 2. The maximum Gasteiger partial charge on any atom is 0.239 e. The highest BCUT2D eigenvalue weighted by Crippen LogP contribution is 2.32. The Balaban J connectivity index is 1.97. The number of nitrogens with zero attached hydrogens (tertiary/aromatic N) is 2. The summed E-state index contributed by atoms with van der Waals surface area (Å²) in [6.07, 6.45) is 5.37. The van der Waals surface area contributed by atoms with E-state index in [1.165, 1.54) is 25.0 Å². The molecule has 100 valence electrons. The summed E-state index contributed by atoms with van der Waals surface area (Å²) in [5.74, 6) is 7.75. The Morgan fingerprint density at radius 1 is 1.56 bits per heavy atom. The highest BCUT2D eigenvalue weighted by Gasteiger charge is 2.25. The minimum Gasteiger partial charge on any atom is -0.366 e. The van der Waals surface area contributed by atoms with E-state index in [2.05, 4.69) is 43.6 Å². The van der Waals surface area contributed by atoms with E-state index in [1.54, 1.807) is 6.20 Å². The van der Waals surface area contributed by atoms with Gasteiger partial charge in [0.05, 0.1) is 4.47 Å². The van der Waals surface area contributed by atoms with Gasteiger partial charge in [-0.2, -0.15) is 16.7 Å². The molecule has 0 spiro atoms. The fourth-order valence-electron chi connectivity index (χ4n) is 2.19. The van der Waals surface area contributed by atoms with Crippen LogP contribution in [0.2, 0.25) is 0 Å². The van der Waals surface area contributed by atoms with Gasteiger partial charge in [0.15, 0.2) is 0 Å². The molecule has 2 rings (SSSR count). The predicted molar refractivity (Wildman–Crippen MR) is 80.7 cm³/mol. The van der Waals surface area contributed by atoms with Gasteiger partial charge in [-0.1, -0.05) is 6.92 Å². The lowest BCUT2D eigenvalue weighted by atomic mass is 10.2. The van der Waals surface area contributed by atoms with E-state index in [0.29, 0.717) is 12.0 Å². The van der Waals surface area contributed by atoms with E-state index in [-0.39, 0.29) is 0 Å². The zero-order valence-corrected chi connectivity index (χ0v) is 12.7. The van der Waals surface area contributed by atoms with E-state index in [4.69, 9.17) is 5.84 Å². The molecule has 1 aliphatic carbocycles. The van der Waals surface area contributed by atoms with Crippen LogP contribution in [0, 0.1) is 0 Å². The van der Waals surface area contributed by atoms with E-state index >= 15 is 0 Å². The molecule has 0 radical (unpaired) electrons. The number of hydrogen-bond acceptors (Lipinski definition) is 6. The smallest absolute Gasteiger partial charge is 0.239 e. The van der Waals surface area contributed by atoms with E-state index in [0.717, 1.165) is 15.5 Å². The van der Waals surface area contributed by atoms with Crippen molar-refractivity contribution in [2.24, 2.45) is 5.84 Å². The lowest BCUT2D eigenvalue weighted by Gasteiger charge is -2.15. The fourth-order valence-corrected chi connectivity index (χ4v) is 3.64. The molecule has 4 N–H and O–H groups in total. The molecule has 2 unspecified atom stereocenters. The molecule has 1 fully saturated rings. The Labute approximate surface area is 120 Å². The molecule has 1 aromatic rings. The van der Waals surface area contributed by atoms with Crippen LogP contribution in [0.15, 0.2) is 10.7 Å². The van der Waals surface area contributed by atoms with Gasteiger partial charge in [0.2, 0.25) is 5.95 Å². The molecule has 0 bridgehead atoms. The van der Waals surface area contributed by atoms with Gasteiger partial charge in [0.25, 0.3) is 0 Å². The van der Waals surface area contributed by atoms with Gasteiger partial charge >= 0.3 is 0 Å². The lowest BCUT2D eigenvalue weighted by Crippen LogP contribution is -2.19. The van der Waals surface area contributed by atoms with Crippen LogP contribution in [0.3, 0.4) is 0 Å². The van der Waals surface area contributed by atoms with Crippen LogP contribution >= 0.6 is 27.7 Å². The Hall–Kier alpha value is -0.530. The van der Waals surface area contributed by atoms with Crippen LogP contribution in [0.5, 0.6) is 0 Å². The second kappa shape index (κ2) is 6.58. The molecular weight excluding hydrogens is 314 g/mol. The summed E-state index contributed by atoms with van der Waals surface area (Å²) in [6, 6.07) is 0.492. The maximum atomic E-state index is 5.32. The first-order valence-electron chi connectivity index (χ1n) is 6.10.